The van der Waals surface area contributed by atoms with E-state index in [0.717, 1.165) is 11.1 Å². The van der Waals surface area contributed by atoms with Gasteiger partial charge in [0.1, 0.15) is 17.5 Å². The first-order chi connectivity index (χ1) is 17.2. The van der Waals surface area contributed by atoms with Crippen molar-refractivity contribution in [3.05, 3.63) is 112 Å². The minimum absolute atomic E-state index is 0.0184. The van der Waals surface area contributed by atoms with E-state index in [-0.39, 0.29) is 28.6 Å². The zero-order valence-electron chi connectivity index (χ0n) is 20.8. The van der Waals surface area contributed by atoms with Gasteiger partial charge in [0.2, 0.25) is 0 Å². The second-order valence-corrected chi connectivity index (χ2v) is 9.73. The van der Waals surface area contributed by atoms with Crippen molar-refractivity contribution in [2.75, 3.05) is 0 Å². The number of amides is 2. The van der Waals surface area contributed by atoms with Gasteiger partial charge in [-0.2, -0.15) is 5.26 Å². The summed E-state index contributed by atoms with van der Waals surface area (Å²) in [7, 11) is 0. The van der Waals surface area contributed by atoms with Crippen molar-refractivity contribution in [2.45, 2.75) is 39.2 Å². The summed E-state index contributed by atoms with van der Waals surface area (Å²) < 4.78 is 0. The Bertz CT molecular complexity index is 1410. The zero-order chi connectivity index (χ0) is 25.9. The van der Waals surface area contributed by atoms with Crippen LogP contribution in [0.25, 0.3) is 5.70 Å². The number of nitriles is 1. The standard InChI is InChI=1S/C30H28N4O2/c1-19(20-10-6-5-7-11-20)32-29(36)25(18-31)26-23-12-8-9-13-24(23)27(33-26)34-28(35)21-14-16-22(17-15-21)30(2,3)4/h5-17,19H,1-4H3,(H,32,36)(H,33,34,35). The fourth-order valence-corrected chi connectivity index (χ4v) is 4.02. The first-order valence-corrected chi connectivity index (χ1v) is 11.8. The number of rotatable bonds is 4. The molecule has 1 aliphatic rings. The third kappa shape index (κ3) is 5.11. The average molecular weight is 477 g/mol. The Morgan fingerprint density at radius 1 is 0.889 bits per heavy atom. The molecule has 1 aliphatic heterocycles. The molecule has 2 amide bonds. The van der Waals surface area contributed by atoms with Crippen molar-refractivity contribution in [1.82, 2.24) is 10.6 Å². The van der Waals surface area contributed by atoms with Gasteiger partial charge in [-0.05, 0) is 35.6 Å². The topological polar surface area (TPSA) is 94.3 Å². The third-order valence-electron chi connectivity index (χ3n) is 6.13. The molecular weight excluding hydrogens is 448 g/mol. The number of nitrogens with zero attached hydrogens (tertiary/aromatic N) is 2. The van der Waals surface area contributed by atoms with Gasteiger partial charge in [-0.15, -0.1) is 0 Å². The molecule has 0 aromatic heterocycles. The number of carbonyl (C=O) groups excluding carboxylic acids is 2. The summed E-state index contributed by atoms with van der Waals surface area (Å²) >= 11 is 0. The van der Waals surface area contributed by atoms with Gasteiger partial charge in [0.25, 0.3) is 11.8 Å². The van der Waals surface area contributed by atoms with Crippen LogP contribution in [0.3, 0.4) is 0 Å². The van der Waals surface area contributed by atoms with Gasteiger partial charge in [0, 0.05) is 16.7 Å². The van der Waals surface area contributed by atoms with Crippen molar-refractivity contribution in [3.63, 3.8) is 0 Å². The summed E-state index contributed by atoms with van der Waals surface area (Å²) in [5.74, 6) is -0.527. The molecule has 1 heterocycles. The second-order valence-electron chi connectivity index (χ2n) is 9.73. The van der Waals surface area contributed by atoms with E-state index < -0.39 is 5.91 Å². The molecule has 1 atom stereocenters. The maximum Gasteiger partial charge on any atom is 0.264 e. The summed E-state index contributed by atoms with van der Waals surface area (Å²) in [6.45, 7) is 8.20. The molecule has 1 unspecified atom stereocenters. The molecule has 0 bridgehead atoms. The lowest BCUT2D eigenvalue weighted by molar-refractivity contribution is -0.117. The maximum atomic E-state index is 13.1. The molecule has 0 fully saturated rings. The summed E-state index contributed by atoms with van der Waals surface area (Å²) in [4.78, 5) is 30.6. The molecule has 0 aliphatic carbocycles. The summed E-state index contributed by atoms with van der Waals surface area (Å²) in [6, 6.07) is 25.9. The van der Waals surface area contributed by atoms with Crippen molar-refractivity contribution in [1.29, 1.82) is 5.26 Å². The largest absolute Gasteiger partial charge is 0.345 e. The summed E-state index contributed by atoms with van der Waals surface area (Å²) in [6.07, 6.45) is 0. The Labute approximate surface area is 211 Å². The highest BCUT2D eigenvalue weighted by molar-refractivity contribution is 6.20. The zero-order valence-corrected chi connectivity index (χ0v) is 20.8. The van der Waals surface area contributed by atoms with Crippen LogP contribution in [0.4, 0.5) is 0 Å². The van der Waals surface area contributed by atoms with Crippen LogP contribution in [0.1, 0.15) is 66.3 Å². The van der Waals surface area contributed by atoms with Gasteiger partial charge < -0.3 is 10.6 Å². The van der Waals surface area contributed by atoms with E-state index in [1.807, 2.05) is 73.7 Å². The lowest BCUT2D eigenvalue weighted by Gasteiger charge is -2.19. The molecule has 0 saturated carbocycles. The number of benzene rings is 3. The Kier molecular flexibility index (Phi) is 6.84. The number of aliphatic imine (C=N–C) groups is 1. The van der Waals surface area contributed by atoms with Gasteiger partial charge in [-0.3, -0.25) is 9.59 Å². The molecule has 180 valence electrons. The fraction of sp³-hybridized carbons (Fsp3) is 0.200. The van der Waals surface area contributed by atoms with E-state index in [0.29, 0.717) is 22.5 Å². The highest BCUT2D eigenvalue weighted by atomic mass is 16.2. The van der Waals surface area contributed by atoms with E-state index in [4.69, 9.17) is 0 Å². The van der Waals surface area contributed by atoms with Gasteiger partial charge in [-0.25, -0.2) is 4.99 Å². The van der Waals surface area contributed by atoms with E-state index >= 15 is 0 Å². The molecule has 6 nitrogen and oxygen atoms in total. The predicted octanol–water partition coefficient (Wildman–Crippen LogP) is 5.29. The normalized spacial score (nSPS) is 14.7. The van der Waals surface area contributed by atoms with Crippen LogP contribution in [-0.4, -0.2) is 17.6 Å². The van der Waals surface area contributed by atoms with E-state index in [1.165, 1.54) is 0 Å². The Balaban J connectivity index is 1.62. The van der Waals surface area contributed by atoms with Gasteiger partial charge in [0.05, 0.1) is 11.7 Å². The predicted molar refractivity (Wildman–Crippen MR) is 141 cm³/mol. The van der Waals surface area contributed by atoms with Crippen LogP contribution in [0, 0.1) is 11.3 Å². The van der Waals surface area contributed by atoms with Gasteiger partial charge in [0.15, 0.2) is 0 Å². The molecule has 0 spiro atoms. The van der Waals surface area contributed by atoms with Crippen LogP contribution in [-0.2, 0) is 10.2 Å². The Hall–Kier alpha value is -4.50. The molecule has 0 radical (unpaired) electrons. The fourth-order valence-electron chi connectivity index (χ4n) is 4.02. The molecule has 4 rings (SSSR count). The number of fused-ring (bicyclic) bond motifs is 1. The lowest BCUT2D eigenvalue weighted by Crippen LogP contribution is -2.30. The average Bonchev–Trinajstić information content (AvgIpc) is 3.22. The molecule has 6 heteroatoms. The monoisotopic (exact) mass is 476 g/mol. The highest BCUT2D eigenvalue weighted by Crippen LogP contribution is 2.31. The highest BCUT2D eigenvalue weighted by Gasteiger charge is 2.28. The molecular formula is C30H28N4O2. The molecule has 3 aromatic rings. The second kappa shape index (κ2) is 10.0. The molecule has 0 saturated heterocycles. The van der Waals surface area contributed by atoms with Crippen LogP contribution in [0.15, 0.2) is 89.4 Å². The van der Waals surface area contributed by atoms with E-state index in [9.17, 15) is 14.9 Å². The van der Waals surface area contributed by atoms with E-state index in [1.54, 1.807) is 18.2 Å². The van der Waals surface area contributed by atoms with Crippen LogP contribution in [0.2, 0.25) is 0 Å². The number of nitrogens with one attached hydrogen (secondary N) is 2. The maximum absolute atomic E-state index is 13.1. The number of carbonyl (C=O) groups is 2. The number of hydrogen-bond donors (Lipinski definition) is 2. The number of amidine groups is 1. The SMILES string of the molecule is CC(NC(=O)C(C#N)=C1N=C(NC(=O)c2ccc(C(C)(C)C)cc2)c2ccccc21)c1ccccc1. The number of hydrogen-bond acceptors (Lipinski definition) is 4. The van der Waals surface area contributed by atoms with Gasteiger partial charge in [-0.1, -0.05) is 87.5 Å². The van der Waals surface area contributed by atoms with Crippen molar-refractivity contribution >= 4 is 23.3 Å². The van der Waals surface area contributed by atoms with E-state index in [2.05, 4.69) is 36.4 Å². The quantitative estimate of drug-likeness (QED) is 0.396. The Morgan fingerprint density at radius 3 is 2.11 bits per heavy atom. The summed E-state index contributed by atoms with van der Waals surface area (Å²) in [5, 5.41) is 15.6. The van der Waals surface area contributed by atoms with Crippen molar-refractivity contribution in [2.24, 2.45) is 4.99 Å². The first-order valence-electron chi connectivity index (χ1n) is 11.8. The van der Waals surface area contributed by atoms with Crippen molar-refractivity contribution in [3.8, 4) is 6.07 Å². The van der Waals surface area contributed by atoms with Crippen LogP contribution >= 0.6 is 0 Å². The minimum atomic E-state index is -0.521. The molecule has 36 heavy (non-hydrogen) atoms. The molecule has 2 N–H and O–H groups in total. The van der Waals surface area contributed by atoms with Crippen LogP contribution < -0.4 is 10.6 Å². The van der Waals surface area contributed by atoms with Crippen molar-refractivity contribution < 1.29 is 9.59 Å². The lowest BCUT2D eigenvalue weighted by atomic mass is 9.87. The van der Waals surface area contributed by atoms with Gasteiger partial charge >= 0.3 is 0 Å². The third-order valence-corrected chi connectivity index (χ3v) is 6.13. The Morgan fingerprint density at radius 2 is 1.50 bits per heavy atom. The minimum Gasteiger partial charge on any atom is -0.345 e. The first kappa shape index (κ1) is 24.6. The molecule has 3 aromatic carbocycles. The smallest absolute Gasteiger partial charge is 0.264 e. The van der Waals surface area contributed by atoms with Crippen LogP contribution in [0.5, 0.6) is 0 Å². The summed E-state index contributed by atoms with van der Waals surface area (Å²) in [5.41, 5.74) is 3.94.